The molecule has 2 fully saturated rings. The van der Waals surface area contributed by atoms with Gasteiger partial charge < -0.3 is 14.2 Å². The normalized spacial score (nSPS) is 27.9. The fraction of sp³-hybridized carbons (Fsp3) is 0.667. The van der Waals surface area contributed by atoms with Gasteiger partial charge in [-0.25, -0.2) is 9.59 Å². The zero-order valence-electron chi connectivity index (χ0n) is 13.0. The minimum atomic E-state index is -0.623. The van der Waals surface area contributed by atoms with Crippen LogP contribution in [0.3, 0.4) is 0 Å². The lowest BCUT2D eigenvalue weighted by Gasteiger charge is -2.21. The fourth-order valence-electron chi connectivity index (χ4n) is 3.32. The van der Waals surface area contributed by atoms with Gasteiger partial charge in [0.05, 0.1) is 32.4 Å². The van der Waals surface area contributed by atoms with E-state index in [2.05, 4.69) is 0 Å². The number of carbonyl (C=O) groups excluding carboxylic acids is 3. The molecule has 2 bridgehead atoms. The zero-order chi connectivity index (χ0) is 16.3. The van der Waals surface area contributed by atoms with E-state index in [1.165, 1.54) is 18.1 Å². The third-order valence-electron chi connectivity index (χ3n) is 4.05. The molecule has 2 heterocycles. The van der Waals surface area contributed by atoms with Gasteiger partial charge in [-0.1, -0.05) is 0 Å². The number of esters is 2. The molecule has 2 saturated heterocycles. The highest BCUT2D eigenvalue weighted by atomic mass is 16.5. The number of fused-ring (bicyclic) bond motifs is 2. The highest BCUT2D eigenvalue weighted by Crippen LogP contribution is 2.46. The first-order chi connectivity index (χ1) is 10.5. The van der Waals surface area contributed by atoms with Crippen LogP contribution in [0.4, 0.5) is 4.79 Å². The molecule has 2 aliphatic heterocycles. The molecule has 22 heavy (non-hydrogen) atoms. The molecule has 0 spiro atoms. The van der Waals surface area contributed by atoms with Crippen LogP contribution >= 0.6 is 0 Å². The number of hydrogen-bond donors (Lipinski definition) is 0. The Hall–Kier alpha value is -2.05. The molecule has 2 rings (SSSR count). The highest BCUT2D eigenvalue weighted by Gasteiger charge is 2.55. The van der Waals surface area contributed by atoms with E-state index in [1.807, 2.05) is 0 Å². The topological polar surface area (TPSA) is 82.1 Å². The molecule has 7 heteroatoms. The summed E-state index contributed by atoms with van der Waals surface area (Å²) in [6.45, 7) is 3.93. The summed E-state index contributed by atoms with van der Waals surface area (Å²) in [7, 11) is 1.30. The van der Waals surface area contributed by atoms with E-state index in [0.717, 1.165) is 0 Å². The summed E-state index contributed by atoms with van der Waals surface area (Å²) in [6.07, 6.45) is 2.21. The molecule has 0 aromatic rings. The predicted molar refractivity (Wildman–Crippen MR) is 75.9 cm³/mol. The van der Waals surface area contributed by atoms with Crippen LogP contribution in [0, 0.1) is 5.92 Å². The minimum Gasteiger partial charge on any atom is -0.465 e. The number of amides is 1. The van der Waals surface area contributed by atoms with E-state index >= 15 is 0 Å². The van der Waals surface area contributed by atoms with Crippen LogP contribution in [0.25, 0.3) is 0 Å². The van der Waals surface area contributed by atoms with Crippen molar-refractivity contribution in [3.63, 3.8) is 0 Å². The van der Waals surface area contributed by atoms with Crippen LogP contribution in [0.2, 0.25) is 0 Å². The predicted octanol–water partition coefficient (Wildman–Crippen LogP) is 1.27. The number of hydrogen-bond acceptors (Lipinski definition) is 6. The van der Waals surface area contributed by atoms with Crippen molar-refractivity contribution in [2.45, 2.75) is 38.8 Å². The van der Waals surface area contributed by atoms with Gasteiger partial charge in [-0.05, 0) is 32.3 Å². The lowest BCUT2D eigenvalue weighted by Crippen LogP contribution is -2.38. The van der Waals surface area contributed by atoms with Gasteiger partial charge in [-0.3, -0.25) is 9.69 Å². The lowest BCUT2D eigenvalue weighted by molar-refractivity contribution is -0.147. The van der Waals surface area contributed by atoms with Crippen molar-refractivity contribution >= 4 is 18.0 Å². The van der Waals surface area contributed by atoms with Crippen LogP contribution < -0.4 is 0 Å². The van der Waals surface area contributed by atoms with Crippen molar-refractivity contribution in [2.24, 2.45) is 5.92 Å². The summed E-state index contributed by atoms with van der Waals surface area (Å²) in [5, 5.41) is 0. The van der Waals surface area contributed by atoms with Crippen molar-refractivity contribution < 1.29 is 28.6 Å². The summed E-state index contributed by atoms with van der Waals surface area (Å²) >= 11 is 0. The standard InChI is InChI=1S/C15H21NO6/c1-4-21-12(17)8-9-10-6-7-11(16(10)15(19)20-3)13(9)14(18)22-5-2/h8,10-11,13H,4-7H2,1-3H3/t10-,11+,13+/m0/s1. The monoisotopic (exact) mass is 311 g/mol. The minimum absolute atomic E-state index is 0.248. The molecule has 2 aliphatic rings. The second kappa shape index (κ2) is 6.81. The molecule has 7 nitrogen and oxygen atoms in total. The molecule has 0 aromatic carbocycles. The van der Waals surface area contributed by atoms with Gasteiger partial charge in [0.25, 0.3) is 0 Å². The molecule has 0 aromatic heterocycles. The maximum atomic E-state index is 12.2. The first kappa shape index (κ1) is 16.3. The first-order valence-electron chi connectivity index (χ1n) is 7.46. The summed E-state index contributed by atoms with van der Waals surface area (Å²) in [6, 6.07) is -0.631. The molecule has 0 N–H and O–H groups in total. The van der Waals surface area contributed by atoms with E-state index in [4.69, 9.17) is 14.2 Å². The Labute approximate surface area is 129 Å². The Bertz CT molecular complexity index is 500. The summed E-state index contributed by atoms with van der Waals surface area (Å²) in [4.78, 5) is 37.5. The fourth-order valence-corrected chi connectivity index (χ4v) is 3.32. The third-order valence-corrected chi connectivity index (χ3v) is 4.05. The number of methoxy groups -OCH3 is 1. The third kappa shape index (κ3) is 2.80. The van der Waals surface area contributed by atoms with Gasteiger partial charge in [-0.2, -0.15) is 0 Å². The first-order valence-corrected chi connectivity index (χ1v) is 7.46. The van der Waals surface area contributed by atoms with Crippen LogP contribution in [-0.4, -0.2) is 55.3 Å². The van der Waals surface area contributed by atoms with Crippen molar-refractivity contribution in [2.75, 3.05) is 20.3 Å². The largest absolute Gasteiger partial charge is 0.465 e. The molecule has 0 unspecified atom stereocenters. The van der Waals surface area contributed by atoms with Gasteiger partial charge in [-0.15, -0.1) is 0 Å². The average Bonchev–Trinajstić information content (AvgIpc) is 3.02. The maximum Gasteiger partial charge on any atom is 0.410 e. The second-order valence-electron chi connectivity index (χ2n) is 5.16. The number of rotatable bonds is 4. The van der Waals surface area contributed by atoms with Crippen LogP contribution in [0.5, 0.6) is 0 Å². The summed E-state index contributed by atoms with van der Waals surface area (Å²) in [5.74, 6) is -1.55. The van der Waals surface area contributed by atoms with Gasteiger partial charge in [0.2, 0.25) is 0 Å². The molecule has 0 saturated carbocycles. The molecular formula is C15H21NO6. The van der Waals surface area contributed by atoms with Gasteiger partial charge >= 0.3 is 18.0 Å². The zero-order valence-corrected chi connectivity index (χ0v) is 13.0. The Morgan fingerprint density at radius 1 is 1.18 bits per heavy atom. The SMILES string of the molecule is CCOC(=O)C=C1[C@@H](C(=O)OCC)[C@H]2CC[C@@H]1N2C(=O)OC. The van der Waals surface area contributed by atoms with Gasteiger partial charge in [0.15, 0.2) is 0 Å². The van der Waals surface area contributed by atoms with E-state index in [1.54, 1.807) is 13.8 Å². The molecule has 0 radical (unpaired) electrons. The van der Waals surface area contributed by atoms with Crippen LogP contribution in [0.15, 0.2) is 11.6 Å². The average molecular weight is 311 g/mol. The quantitative estimate of drug-likeness (QED) is 0.442. The van der Waals surface area contributed by atoms with Crippen molar-refractivity contribution in [1.82, 2.24) is 4.90 Å². The van der Waals surface area contributed by atoms with E-state index < -0.39 is 23.9 Å². The van der Waals surface area contributed by atoms with E-state index in [9.17, 15) is 14.4 Å². The van der Waals surface area contributed by atoms with E-state index in [-0.39, 0.29) is 25.3 Å². The number of carbonyl (C=O) groups is 3. The Kier molecular flexibility index (Phi) is 5.05. The van der Waals surface area contributed by atoms with Crippen LogP contribution in [0.1, 0.15) is 26.7 Å². The maximum absolute atomic E-state index is 12.2. The number of nitrogens with zero attached hydrogens (tertiary/aromatic N) is 1. The van der Waals surface area contributed by atoms with Crippen LogP contribution in [-0.2, 0) is 23.8 Å². The smallest absolute Gasteiger partial charge is 0.410 e. The Morgan fingerprint density at radius 3 is 2.45 bits per heavy atom. The van der Waals surface area contributed by atoms with Gasteiger partial charge in [0.1, 0.15) is 5.92 Å². The van der Waals surface area contributed by atoms with Crippen molar-refractivity contribution in [3.05, 3.63) is 11.6 Å². The van der Waals surface area contributed by atoms with Gasteiger partial charge in [0, 0.05) is 6.08 Å². The number of ether oxygens (including phenoxy) is 3. The Morgan fingerprint density at radius 2 is 1.86 bits per heavy atom. The summed E-state index contributed by atoms with van der Waals surface area (Å²) in [5.41, 5.74) is 0.582. The molecular weight excluding hydrogens is 290 g/mol. The van der Waals surface area contributed by atoms with Crippen molar-refractivity contribution in [1.29, 1.82) is 0 Å². The molecule has 122 valence electrons. The second-order valence-corrected chi connectivity index (χ2v) is 5.16. The highest BCUT2D eigenvalue weighted by molar-refractivity contribution is 5.88. The van der Waals surface area contributed by atoms with E-state index in [0.29, 0.717) is 18.4 Å². The molecule has 1 amide bonds. The van der Waals surface area contributed by atoms with Crippen molar-refractivity contribution in [3.8, 4) is 0 Å². The summed E-state index contributed by atoms with van der Waals surface area (Å²) < 4.78 is 14.8. The lowest BCUT2D eigenvalue weighted by atomic mass is 9.84. The molecule has 0 aliphatic carbocycles. The Balaban J connectivity index is 2.33. The molecule has 3 atom stereocenters.